The van der Waals surface area contributed by atoms with Crippen LogP contribution >= 0.6 is 11.6 Å². The maximum Gasteiger partial charge on any atom is 0.0390 e. The van der Waals surface area contributed by atoms with E-state index in [-0.39, 0.29) is 4.87 Å². The van der Waals surface area contributed by atoms with Gasteiger partial charge in [0.25, 0.3) is 0 Å². The van der Waals surface area contributed by atoms with Gasteiger partial charge in [-0.3, -0.25) is 0 Å². The summed E-state index contributed by atoms with van der Waals surface area (Å²) in [5.41, 5.74) is 0. The van der Waals surface area contributed by atoms with Gasteiger partial charge in [-0.2, -0.15) is 0 Å². The van der Waals surface area contributed by atoms with Gasteiger partial charge < -0.3 is 0 Å². The summed E-state index contributed by atoms with van der Waals surface area (Å²) in [5.74, 6) is 0.819. The second kappa shape index (κ2) is 4.23. The maximum absolute atomic E-state index is 6.02. The highest BCUT2D eigenvalue weighted by molar-refractivity contribution is 6.23. The molecule has 0 unspecified atom stereocenters. The Morgan fingerprint density at radius 1 is 1.30 bits per heavy atom. The van der Waals surface area contributed by atoms with E-state index >= 15 is 0 Å². The molecule has 0 spiro atoms. The van der Waals surface area contributed by atoms with E-state index in [4.69, 9.17) is 11.6 Å². The van der Waals surface area contributed by atoms with Crippen molar-refractivity contribution in [2.24, 2.45) is 5.92 Å². The zero-order valence-electron chi connectivity index (χ0n) is 7.58. The van der Waals surface area contributed by atoms with Crippen molar-refractivity contribution in [1.82, 2.24) is 0 Å². The smallest absolute Gasteiger partial charge is 0.0390 e. The van der Waals surface area contributed by atoms with Crippen molar-refractivity contribution in [2.75, 3.05) is 0 Å². The second-order valence-electron chi connectivity index (χ2n) is 4.00. The fraction of sp³-hybridized carbons (Fsp3) is 1.00. The van der Waals surface area contributed by atoms with Crippen LogP contribution in [0.3, 0.4) is 0 Å². The van der Waals surface area contributed by atoms with Crippen molar-refractivity contribution < 1.29 is 0 Å². The predicted octanol–water partition coefficient (Wildman–Crippen LogP) is 3.83. The molecular weight excluding hydrogens is 144 g/mol. The van der Waals surface area contributed by atoms with Crippen molar-refractivity contribution in [2.45, 2.75) is 51.8 Å². The fourth-order valence-electron chi connectivity index (χ4n) is 0.931. The Hall–Kier alpha value is 0.290. The van der Waals surface area contributed by atoms with Gasteiger partial charge in [0, 0.05) is 4.87 Å². The SMILES string of the molecule is CC(C)CCCC(C)(C)Cl. The van der Waals surface area contributed by atoms with Crippen molar-refractivity contribution >= 4 is 11.6 Å². The molecule has 0 rings (SSSR count). The van der Waals surface area contributed by atoms with Crippen molar-refractivity contribution in [3.63, 3.8) is 0 Å². The van der Waals surface area contributed by atoms with E-state index in [0.29, 0.717) is 0 Å². The van der Waals surface area contributed by atoms with Crippen LogP contribution in [0.2, 0.25) is 0 Å². The van der Waals surface area contributed by atoms with Gasteiger partial charge in [0.2, 0.25) is 0 Å². The van der Waals surface area contributed by atoms with Crippen molar-refractivity contribution in [3.05, 3.63) is 0 Å². The molecule has 0 aliphatic heterocycles. The fourth-order valence-corrected chi connectivity index (χ4v) is 1.06. The zero-order chi connectivity index (χ0) is 8.20. The van der Waals surface area contributed by atoms with Gasteiger partial charge >= 0.3 is 0 Å². The highest BCUT2D eigenvalue weighted by Gasteiger charge is 2.11. The Balaban J connectivity index is 3.21. The van der Waals surface area contributed by atoms with Gasteiger partial charge in [-0.25, -0.2) is 0 Å². The third-order valence-electron chi connectivity index (χ3n) is 1.55. The van der Waals surface area contributed by atoms with E-state index in [0.717, 1.165) is 12.3 Å². The maximum atomic E-state index is 6.02. The van der Waals surface area contributed by atoms with E-state index in [1.165, 1.54) is 12.8 Å². The molecule has 0 aliphatic carbocycles. The van der Waals surface area contributed by atoms with E-state index in [9.17, 15) is 0 Å². The summed E-state index contributed by atoms with van der Waals surface area (Å²) in [7, 11) is 0. The molecular formula is C9H19Cl. The number of halogens is 1. The van der Waals surface area contributed by atoms with Crippen LogP contribution in [0.1, 0.15) is 47.0 Å². The van der Waals surface area contributed by atoms with Gasteiger partial charge in [-0.1, -0.05) is 26.7 Å². The quantitative estimate of drug-likeness (QED) is 0.552. The number of hydrogen-bond donors (Lipinski definition) is 0. The average molecular weight is 163 g/mol. The first-order chi connectivity index (χ1) is 4.42. The lowest BCUT2D eigenvalue weighted by Gasteiger charge is -2.15. The Kier molecular flexibility index (Phi) is 4.35. The van der Waals surface area contributed by atoms with Crippen LogP contribution in [0.15, 0.2) is 0 Å². The molecule has 62 valence electrons. The summed E-state index contributed by atoms with van der Waals surface area (Å²) >= 11 is 6.02. The monoisotopic (exact) mass is 162 g/mol. The van der Waals surface area contributed by atoms with Gasteiger partial charge in [-0.05, 0) is 26.2 Å². The molecule has 0 aliphatic rings. The largest absolute Gasteiger partial charge is 0.120 e. The summed E-state index contributed by atoms with van der Waals surface area (Å²) in [6, 6.07) is 0. The molecule has 0 fully saturated rings. The minimum atomic E-state index is 0.00882. The number of rotatable bonds is 4. The van der Waals surface area contributed by atoms with Gasteiger partial charge in [0.1, 0.15) is 0 Å². The Labute approximate surface area is 70.0 Å². The normalized spacial score (nSPS) is 12.6. The van der Waals surface area contributed by atoms with Crippen LogP contribution in [-0.4, -0.2) is 4.87 Å². The molecule has 0 amide bonds. The van der Waals surface area contributed by atoms with Gasteiger partial charge in [0.15, 0.2) is 0 Å². The molecule has 1 heteroatoms. The van der Waals surface area contributed by atoms with Crippen LogP contribution in [0, 0.1) is 5.92 Å². The highest BCUT2D eigenvalue weighted by Crippen LogP contribution is 2.21. The van der Waals surface area contributed by atoms with Crippen LogP contribution in [0.4, 0.5) is 0 Å². The molecule has 0 radical (unpaired) electrons. The van der Waals surface area contributed by atoms with Crippen LogP contribution in [0.25, 0.3) is 0 Å². The van der Waals surface area contributed by atoms with Crippen LogP contribution < -0.4 is 0 Å². The first-order valence-corrected chi connectivity index (χ1v) is 4.48. The topological polar surface area (TPSA) is 0 Å². The van der Waals surface area contributed by atoms with E-state index < -0.39 is 0 Å². The molecule has 0 bridgehead atoms. The molecule has 0 heterocycles. The van der Waals surface area contributed by atoms with E-state index in [1.807, 2.05) is 0 Å². The van der Waals surface area contributed by atoms with E-state index in [1.54, 1.807) is 0 Å². The molecule has 0 N–H and O–H groups in total. The molecule has 0 aromatic carbocycles. The summed E-state index contributed by atoms with van der Waals surface area (Å²) in [5, 5.41) is 0. The lowest BCUT2D eigenvalue weighted by atomic mass is 10.0. The van der Waals surface area contributed by atoms with E-state index in [2.05, 4.69) is 27.7 Å². The Morgan fingerprint density at radius 3 is 2.10 bits per heavy atom. The molecule has 0 saturated heterocycles. The Bertz CT molecular complexity index is 79.2. The number of alkyl halides is 1. The second-order valence-corrected chi connectivity index (χ2v) is 5.03. The first-order valence-electron chi connectivity index (χ1n) is 4.11. The third-order valence-corrected chi connectivity index (χ3v) is 1.74. The van der Waals surface area contributed by atoms with Crippen molar-refractivity contribution in [1.29, 1.82) is 0 Å². The minimum Gasteiger partial charge on any atom is -0.120 e. The van der Waals surface area contributed by atoms with Gasteiger partial charge in [-0.15, -0.1) is 11.6 Å². The minimum absolute atomic E-state index is 0.00882. The summed E-state index contributed by atoms with van der Waals surface area (Å²) in [6.07, 6.45) is 3.69. The first kappa shape index (κ1) is 10.3. The van der Waals surface area contributed by atoms with Gasteiger partial charge in [0.05, 0.1) is 0 Å². The molecule has 0 aromatic rings. The standard InChI is InChI=1S/C9H19Cl/c1-8(2)6-5-7-9(3,4)10/h8H,5-7H2,1-4H3. The van der Waals surface area contributed by atoms with Crippen LogP contribution in [-0.2, 0) is 0 Å². The number of hydrogen-bond acceptors (Lipinski definition) is 0. The Morgan fingerprint density at radius 2 is 1.80 bits per heavy atom. The molecule has 0 aromatic heterocycles. The van der Waals surface area contributed by atoms with Crippen LogP contribution in [0.5, 0.6) is 0 Å². The highest BCUT2D eigenvalue weighted by atomic mass is 35.5. The predicted molar refractivity (Wildman–Crippen MR) is 48.6 cm³/mol. The average Bonchev–Trinajstić information content (AvgIpc) is 1.59. The summed E-state index contributed by atoms with van der Waals surface area (Å²) in [6.45, 7) is 8.66. The summed E-state index contributed by atoms with van der Waals surface area (Å²) in [4.78, 5) is 0.00882. The zero-order valence-corrected chi connectivity index (χ0v) is 8.33. The molecule has 0 saturated carbocycles. The van der Waals surface area contributed by atoms with Crippen molar-refractivity contribution in [3.8, 4) is 0 Å². The lowest BCUT2D eigenvalue weighted by molar-refractivity contribution is 0.497. The lowest BCUT2D eigenvalue weighted by Crippen LogP contribution is -2.09. The summed E-state index contributed by atoms with van der Waals surface area (Å²) < 4.78 is 0. The third kappa shape index (κ3) is 8.29. The molecule has 10 heavy (non-hydrogen) atoms. The molecule has 0 atom stereocenters. The molecule has 0 nitrogen and oxygen atoms in total.